The number of aromatic nitrogens is 1. The Bertz CT molecular complexity index is 1710. The molecule has 3 heterocycles. The number of carboxylic acid groups (broad SMARTS) is 1. The highest BCUT2D eigenvalue weighted by Gasteiger charge is 2.27. The number of thiophene rings is 1. The predicted octanol–water partition coefficient (Wildman–Crippen LogP) is 5.58. The van der Waals surface area contributed by atoms with E-state index in [0.717, 1.165) is 33.6 Å². The molecule has 5 rings (SSSR count). The molecule has 0 unspecified atom stereocenters. The van der Waals surface area contributed by atoms with E-state index < -0.39 is 17.8 Å². The number of ether oxygens (including phenoxy) is 1. The molecule has 2 amide bonds. The van der Waals surface area contributed by atoms with Gasteiger partial charge in [-0.3, -0.25) is 9.59 Å². The summed E-state index contributed by atoms with van der Waals surface area (Å²) in [4.78, 5) is 44.6. The second kappa shape index (κ2) is 12.1. The lowest BCUT2D eigenvalue weighted by molar-refractivity contribution is 0.0691. The van der Waals surface area contributed by atoms with Crippen LogP contribution in [0.2, 0.25) is 0 Å². The Morgan fingerprint density at radius 2 is 1.81 bits per heavy atom. The number of pyridine rings is 1. The van der Waals surface area contributed by atoms with Gasteiger partial charge >= 0.3 is 5.97 Å². The van der Waals surface area contributed by atoms with Crippen molar-refractivity contribution in [2.24, 2.45) is 5.73 Å². The van der Waals surface area contributed by atoms with Crippen LogP contribution in [0.3, 0.4) is 0 Å². The highest BCUT2D eigenvalue weighted by molar-refractivity contribution is 7.13. The van der Waals surface area contributed by atoms with Crippen LogP contribution in [0.4, 0.5) is 5.69 Å². The van der Waals surface area contributed by atoms with Crippen LogP contribution in [0.15, 0.2) is 47.8 Å². The fourth-order valence-electron chi connectivity index (χ4n) is 5.04. The first kappa shape index (κ1) is 29.0. The number of carbonyl (C=O) groups excluding carboxylic acids is 2. The van der Waals surface area contributed by atoms with Gasteiger partial charge in [-0.15, -0.1) is 11.3 Å². The van der Waals surface area contributed by atoms with Crippen molar-refractivity contribution in [2.45, 2.75) is 40.2 Å². The lowest BCUT2D eigenvalue weighted by atomic mass is 9.92. The van der Waals surface area contributed by atoms with E-state index in [9.17, 15) is 19.5 Å². The van der Waals surface area contributed by atoms with Crippen LogP contribution in [0, 0.1) is 13.8 Å². The molecule has 0 saturated heterocycles. The van der Waals surface area contributed by atoms with Gasteiger partial charge in [-0.25, -0.2) is 9.78 Å². The zero-order valence-corrected chi connectivity index (χ0v) is 24.5. The number of rotatable bonds is 8. The first-order valence-corrected chi connectivity index (χ1v) is 14.6. The highest BCUT2D eigenvalue weighted by Crippen LogP contribution is 2.43. The van der Waals surface area contributed by atoms with E-state index in [4.69, 9.17) is 10.5 Å². The van der Waals surface area contributed by atoms with Gasteiger partial charge in [0, 0.05) is 52.3 Å². The molecule has 2 aromatic carbocycles. The number of carbonyl (C=O) groups is 3. The molecule has 1 aliphatic rings. The quantitative estimate of drug-likeness (QED) is 0.212. The smallest absolute Gasteiger partial charge is 0.355 e. The molecule has 2 aromatic heterocycles. The van der Waals surface area contributed by atoms with Crippen LogP contribution in [-0.2, 0) is 13.0 Å². The van der Waals surface area contributed by atoms with Gasteiger partial charge in [0.15, 0.2) is 5.69 Å². The van der Waals surface area contributed by atoms with Gasteiger partial charge < -0.3 is 26.2 Å². The summed E-state index contributed by atoms with van der Waals surface area (Å²) in [5.74, 6) is -1.64. The molecular formula is C32H32N4O5S. The average molecular weight is 585 g/mol. The monoisotopic (exact) mass is 584 g/mol. The number of anilines is 1. The van der Waals surface area contributed by atoms with Crippen LogP contribution < -0.4 is 21.1 Å². The Morgan fingerprint density at radius 3 is 2.52 bits per heavy atom. The predicted molar refractivity (Wildman–Crippen MR) is 164 cm³/mol. The summed E-state index contributed by atoms with van der Waals surface area (Å²) >= 11 is 1.56. The Labute approximate surface area is 247 Å². The van der Waals surface area contributed by atoms with Gasteiger partial charge in [0.2, 0.25) is 0 Å². The van der Waals surface area contributed by atoms with Crippen molar-refractivity contribution in [3.63, 3.8) is 0 Å². The average Bonchev–Trinajstić information content (AvgIpc) is 3.37. The standard InChI is InChI=1S/C32H32N4O5S/c1-4-9-34-31(38)27-18(3)13-22(28(36-27)32(39)40)21-15-26-24(29-20(7-10-41-26)8-11-42-29)14-23(21)30(37)35-25-6-5-19(16-33)12-17(25)2/h5-6,8,11-15H,4,7,9-10,16,33H2,1-3H3,(H,34,38)(H,35,37)(H,39,40). The molecular weight excluding hydrogens is 552 g/mol. The number of hydrogen-bond acceptors (Lipinski definition) is 7. The fourth-order valence-corrected chi connectivity index (χ4v) is 6.02. The number of nitrogens with one attached hydrogen (secondary N) is 2. The molecule has 0 aliphatic carbocycles. The largest absolute Gasteiger partial charge is 0.493 e. The first-order valence-electron chi connectivity index (χ1n) is 13.7. The van der Waals surface area contributed by atoms with Gasteiger partial charge in [0.05, 0.1) is 6.61 Å². The van der Waals surface area contributed by atoms with Crippen molar-refractivity contribution in [1.29, 1.82) is 0 Å². The molecule has 0 radical (unpaired) electrons. The second-order valence-electron chi connectivity index (χ2n) is 10.2. The van der Waals surface area contributed by atoms with Crippen molar-refractivity contribution in [1.82, 2.24) is 10.3 Å². The zero-order valence-electron chi connectivity index (χ0n) is 23.7. The number of aryl methyl sites for hydroxylation is 2. The Morgan fingerprint density at radius 1 is 1.00 bits per heavy atom. The summed E-state index contributed by atoms with van der Waals surface area (Å²) in [6.45, 7) is 6.76. The molecule has 10 heteroatoms. The van der Waals surface area contributed by atoms with E-state index in [2.05, 4.69) is 15.6 Å². The van der Waals surface area contributed by atoms with Gasteiger partial charge in [-0.2, -0.15) is 0 Å². The summed E-state index contributed by atoms with van der Waals surface area (Å²) in [5, 5.41) is 18.0. The molecule has 0 saturated carbocycles. The number of fused-ring (bicyclic) bond motifs is 3. The number of nitrogens with zero attached hydrogens (tertiary/aromatic N) is 1. The zero-order chi connectivity index (χ0) is 30.0. The van der Waals surface area contributed by atoms with Crippen LogP contribution in [0.1, 0.15) is 66.9 Å². The third-order valence-electron chi connectivity index (χ3n) is 7.22. The molecule has 5 N–H and O–H groups in total. The third-order valence-corrected chi connectivity index (χ3v) is 8.21. The van der Waals surface area contributed by atoms with Gasteiger partial charge in [-0.05, 0) is 78.2 Å². The number of nitrogens with two attached hydrogens (primary N) is 1. The van der Waals surface area contributed by atoms with Gasteiger partial charge in [0.1, 0.15) is 11.4 Å². The minimum Gasteiger partial charge on any atom is -0.493 e. The SMILES string of the molecule is CCCNC(=O)c1nc(C(=O)O)c(-c2cc3c(cc2C(=O)Nc2ccc(CN)cc2C)-c2sccc2CCO3)cc1C. The maximum atomic E-state index is 14.0. The van der Waals surface area contributed by atoms with Crippen LogP contribution >= 0.6 is 11.3 Å². The molecule has 0 bridgehead atoms. The van der Waals surface area contributed by atoms with Crippen LogP contribution in [0.5, 0.6) is 5.75 Å². The molecule has 0 atom stereocenters. The lowest BCUT2D eigenvalue weighted by Gasteiger charge is -2.18. The van der Waals surface area contributed by atoms with E-state index in [1.807, 2.05) is 37.4 Å². The van der Waals surface area contributed by atoms with Gasteiger partial charge in [-0.1, -0.05) is 19.1 Å². The van der Waals surface area contributed by atoms with E-state index in [-0.39, 0.29) is 22.5 Å². The minimum atomic E-state index is -1.31. The Kier molecular flexibility index (Phi) is 8.37. The topological polar surface area (TPSA) is 144 Å². The maximum Gasteiger partial charge on any atom is 0.355 e. The van der Waals surface area contributed by atoms with E-state index in [1.54, 1.807) is 42.5 Å². The molecule has 216 valence electrons. The summed E-state index contributed by atoms with van der Waals surface area (Å²) in [7, 11) is 0. The van der Waals surface area contributed by atoms with Crippen molar-refractivity contribution >= 4 is 34.8 Å². The summed E-state index contributed by atoms with van der Waals surface area (Å²) in [6, 6.07) is 12.7. The summed E-state index contributed by atoms with van der Waals surface area (Å²) in [6.07, 6.45) is 1.43. The number of amides is 2. The minimum absolute atomic E-state index is 0.0282. The normalized spacial score (nSPS) is 12.0. The fraction of sp³-hybridized carbons (Fsp3) is 0.250. The van der Waals surface area contributed by atoms with Crippen LogP contribution in [-0.4, -0.2) is 41.0 Å². The Hall–Kier alpha value is -4.54. The van der Waals surface area contributed by atoms with Gasteiger partial charge in [0.25, 0.3) is 11.8 Å². The van der Waals surface area contributed by atoms with Crippen molar-refractivity contribution in [3.8, 4) is 27.3 Å². The van der Waals surface area contributed by atoms with E-state index in [1.165, 1.54) is 0 Å². The number of hydrogen-bond donors (Lipinski definition) is 4. The third kappa shape index (κ3) is 5.63. The van der Waals surface area contributed by atoms with Crippen molar-refractivity contribution in [3.05, 3.63) is 87.0 Å². The van der Waals surface area contributed by atoms with E-state index in [0.29, 0.717) is 48.7 Å². The second-order valence-corrected chi connectivity index (χ2v) is 11.1. The maximum absolute atomic E-state index is 14.0. The molecule has 0 spiro atoms. The van der Waals surface area contributed by atoms with E-state index >= 15 is 0 Å². The summed E-state index contributed by atoms with van der Waals surface area (Å²) in [5.41, 5.74) is 11.1. The number of carboxylic acids is 1. The lowest BCUT2D eigenvalue weighted by Crippen LogP contribution is -2.27. The molecule has 1 aliphatic heterocycles. The van der Waals surface area contributed by atoms with Crippen LogP contribution in [0.25, 0.3) is 21.6 Å². The first-order chi connectivity index (χ1) is 20.2. The molecule has 0 fully saturated rings. The van der Waals surface area contributed by atoms with Crippen molar-refractivity contribution < 1.29 is 24.2 Å². The molecule has 9 nitrogen and oxygen atoms in total. The number of aromatic carboxylic acids is 1. The summed E-state index contributed by atoms with van der Waals surface area (Å²) < 4.78 is 6.12. The Balaban J connectivity index is 1.70. The number of benzene rings is 2. The molecule has 42 heavy (non-hydrogen) atoms. The molecule has 4 aromatic rings. The van der Waals surface area contributed by atoms with Crippen molar-refractivity contribution in [2.75, 3.05) is 18.5 Å². The highest BCUT2D eigenvalue weighted by atomic mass is 32.1.